The van der Waals surface area contributed by atoms with Gasteiger partial charge in [-0.1, -0.05) is 24.3 Å². The van der Waals surface area contributed by atoms with Crippen molar-refractivity contribution >= 4 is 17.2 Å². The van der Waals surface area contributed by atoms with Gasteiger partial charge < -0.3 is 10.0 Å². The average molecular weight is 492 g/mol. The molecule has 0 saturated heterocycles. The van der Waals surface area contributed by atoms with E-state index in [9.17, 15) is 0 Å². The fourth-order valence-electron chi connectivity index (χ4n) is 7.76. The Bertz CT molecular complexity index is 1610. The number of carboxylic acid groups (broad SMARTS) is 1. The Morgan fingerprint density at radius 1 is 0.865 bits per heavy atom. The van der Waals surface area contributed by atoms with Crippen molar-refractivity contribution in [3.63, 3.8) is 0 Å². The smallest absolute Gasteiger partial charge is 0.300 e. The zero-order chi connectivity index (χ0) is 25.3. The lowest BCUT2D eigenvalue weighted by Gasteiger charge is -2.33. The van der Waals surface area contributed by atoms with Gasteiger partial charge >= 0.3 is 0 Å². The summed E-state index contributed by atoms with van der Waals surface area (Å²) >= 11 is 0. The van der Waals surface area contributed by atoms with Crippen LogP contribution in [0.1, 0.15) is 69.8 Å². The minimum atomic E-state index is -0.833. The zero-order valence-corrected chi connectivity index (χ0v) is 22.0. The molecule has 188 valence electrons. The number of fused-ring (bicyclic) bond motifs is 4. The summed E-state index contributed by atoms with van der Waals surface area (Å²) in [5.74, 6) is -0.833. The van der Waals surface area contributed by atoms with Gasteiger partial charge in [0.15, 0.2) is 0 Å². The standard InChI is InChI=1S/C31H31N2.C2H4O2/c1-19-6-2-3-7-22(19)29-27-16-20-10-14-32-12-4-8-23(30(20)32)25(27)18-26-24-9-5-13-33-15-11-21(31(24)33)17-28(26)29;1-2(3)4/h2-3,6-7,16-17H,4-5,8-15,18H2,1H3;1H3,(H,3,4)/q+1;. The second-order valence-corrected chi connectivity index (χ2v) is 11.3. The lowest BCUT2D eigenvalue weighted by molar-refractivity contribution is -0.134. The van der Waals surface area contributed by atoms with Gasteiger partial charge in [0.2, 0.25) is 5.36 Å². The fourth-order valence-corrected chi connectivity index (χ4v) is 7.76. The normalized spacial score (nSPS) is 17.9. The number of nitrogens with zero attached hydrogens (tertiary/aromatic N) is 2. The van der Waals surface area contributed by atoms with Crippen molar-refractivity contribution in [2.75, 3.05) is 31.1 Å². The molecule has 0 atom stereocenters. The quantitative estimate of drug-likeness (QED) is 0.414. The zero-order valence-electron chi connectivity index (χ0n) is 22.0. The van der Waals surface area contributed by atoms with Crippen molar-refractivity contribution in [2.45, 2.75) is 58.8 Å². The van der Waals surface area contributed by atoms with E-state index in [4.69, 9.17) is 9.90 Å². The summed E-state index contributed by atoms with van der Waals surface area (Å²) in [5.41, 5.74) is 17.4. The number of aliphatic carboxylic acids is 1. The highest BCUT2D eigenvalue weighted by Crippen LogP contribution is 2.44. The average Bonchev–Trinajstić information content (AvgIpc) is 3.50. The monoisotopic (exact) mass is 491 g/mol. The second-order valence-electron chi connectivity index (χ2n) is 11.3. The van der Waals surface area contributed by atoms with Gasteiger partial charge in [-0.25, -0.2) is 4.58 Å². The second kappa shape index (κ2) is 8.58. The van der Waals surface area contributed by atoms with E-state index in [2.05, 4.69) is 52.8 Å². The van der Waals surface area contributed by atoms with Gasteiger partial charge in [-0.05, 0) is 101 Å². The maximum Gasteiger partial charge on any atom is 0.300 e. The first-order chi connectivity index (χ1) is 18.0. The van der Waals surface area contributed by atoms with Crippen molar-refractivity contribution in [3.8, 4) is 0 Å². The molecule has 1 aliphatic carbocycles. The lowest BCUT2D eigenvalue weighted by atomic mass is 9.75. The molecule has 4 aliphatic heterocycles. The minimum Gasteiger partial charge on any atom is -0.481 e. The van der Waals surface area contributed by atoms with Gasteiger partial charge in [-0.15, -0.1) is 0 Å². The van der Waals surface area contributed by atoms with E-state index < -0.39 is 5.97 Å². The van der Waals surface area contributed by atoms with Crippen molar-refractivity contribution < 1.29 is 9.90 Å². The van der Waals surface area contributed by atoms with Crippen LogP contribution < -0.4 is 20.1 Å². The van der Waals surface area contributed by atoms with E-state index in [1.54, 1.807) is 55.2 Å². The highest BCUT2D eigenvalue weighted by atomic mass is 16.4. The largest absolute Gasteiger partial charge is 0.481 e. The topological polar surface area (TPSA) is 43.5 Å². The van der Waals surface area contributed by atoms with E-state index in [1.807, 2.05) is 0 Å². The Morgan fingerprint density at radius 3 is 2.51 bits per heavy atom. The number of anilines is 1. The first-order valence-corrected chi connectivity index (χ1v) is 14.0. The third-order valence-corrected chi connectivity index (χ3v) is 9.15. The number of aryl methyl sites for hydroxylation is 1. The Morgan fingerprint density at radius 2 is 1.68 bits per heavy atom. The van der Waals surface area contributed by atoms with Crippen LogP contribution in [0.3, 0.4) is 0 Å². The van der Waals surface area contributed by atoms with Crippen LogP contribution in [0.15, 0.2) is 36.4 Å². The van der Waals surface area contributed by atoms with Crippen LogP contribution in [0.2, 0.25) is 0 Å². The van der Waals surface area contributed by atoms with Gasteiger partial charge in [0.05, 0.1) is 0 Å². The molecule has 4 heterocycles. The molecule has 3 aromatic carbocycles. The van der Waals surface area contributed by atoms with Gasteiger partial charge in [-0.3, -0.25) is 4.79 Å². The number of carbonyl (C=O) groups is 1. The van der Waals surface area contributed by atoms with Crippen molar-refractivity contribution in [1.82, 2.24) is 4.58 Å². The van der Waals surface area contributed by atoms with E-state index in [-0.39, 0.29) is 0 Å². The molecule has 0 saturated carbocycles. The Balaban J connectivity index is 0.000000542. The fraction of sp³-hybridized carbons (Fsp3) is 0.394. The van der Waals surface area contributed by atoms with E-state index in [0.717, 1.165) is 13.3 Å². The van der Waals surface area contributed by atoms with Gasteiger partial charge in [0, 0.05) is 49.7 Å². The first kappa shape index (κ1) is 22.8. The molecule has 0 aromatic heterocycles. The summed E-state index contributed by atoms with van der Waals surface area (Å²) in [5, 5.41) is 10.6. The molecule has 3 aromatic rings. The number of hydrogen-bond donors (Lipinski definition) is 1. The van der Waals surface area contributed by atoms with Crippen LogP contribution in [-0.2, 0) is 36.9 Å². The first-order valence-electron chi connectivity index (χ1n) is 14.0. The molecule has 0 spiro atoms. The Kier molecular flexibility index (Phi) is 5.28. The third kappa shape index (κ3) is 3.48. The summed E-state index contributed by atoms with van der Waals surface area (Å²) in [7, 11) is 0. The van der Waals surface area contributed by atoms with Gasteiger partial charge in [-0.2, -0.15) is 0 Å². The van der Waals surface area contributed by atoms with Crippen molar-refractivity contribution in [3.05, 3.63) is 97.0 Å². The van der Waals surface area contributed by atoms with E-state index >= 15 is 0 Å². The number of rotatable bonds is 1. The molecule has 0 unspecified atom stereocenters. The molecule has 0 fully saturated rings. The summed E-state index contributed by atoms with van der Waals surface area (Å²) in [6.45, 7) is 8.31. The Hall–Kier alpha value is -3.40. The molecule has 8 rings (SSSR count). The predicted molar refractivity (Wildman–Crippen MR) is 148 cm³/mol. The molecule has 5 aliphatic rings. The SMILES string of the molecule is CC(=O)O.Cc1ccccc1C1=c2cc3c4c(c2Cc2c1cc1c5c2CCCN5CC1)CCC[N+]=4CC3. The molecule has 4 heteroatoms. The van der Waals surface area contributed by atoms with Crippen LogP contribution in [0.4, 0.5) is 5.69 Å². The van der Waals surface area contributed by atoms with Crippen LogP contribution >= 0.6 is 0 Å². The summed E-state index contributed by atoms with van der Waals surface area (Å²) in [6, 6.07) is 14.3. The molecule has 0 radical (unpaired) electrons. The Labute approximate surface area is 218 Å². The number of benzene rings is 3. The summed E-state index contributed by atoms with van der Waals surface area (Å²) in [6.07, 6.45) is 8.69. The van der Waals surface area contributed by atoms with Crippen LogP contribution in [0, 0.1) is 6.92 Å². The van der Waals surface area contributed by atoms with Crippen molar-refractivity contribution in [2.24, 2.45) is 0 Å². The number of hydrogen-bond acceptors (Lipinski definition) is 2. The van der Waals surface area contributed by atoms with Crippen LogP contribution in [0.5, 0.6) is 0 Å². The van der Waals surface area contributed by atoms with Gasteiger partial charge in [0.25, 0.3) is 5.97 Å². The van der Waals surface area contributed by atoms with Crippen LogP contribution in [-0.4, -0.2) is 37.3 Å². The maximum absolute atomic E-state index is 9.00. The molecule has 1 N–H and O–H groups in total. The minimum absolute atomic E-state index is 0.833. The third-order valence-electron chi connectivity index (χ3n) is 9.15. The molecular weight excluding hydrogens is 456 g/mol. The highest BCUT2D eigenvalue weighted by molar-refractivity contribution is 5.88. The predicted octanol–water partition coefficient (Wildman–Crippen LogP) is 3.54. The molecule has 0 bridgehead atoms. The van der Waals surface area contributed by atoms with Crippen LogP contribution in [0.25, 0.3) is 5.57 Å². The molecule has 37 heavy (non-hydrogen) atoms. The maximum atomic E-state index is 9.00. The number of carboxylic acids is 1. The lowest BCUT2D eigenvalue weighted by Crippen LogP contribution is -2.39. The van der Waals surface area contributed by atoms with Crippen molar-refractivity contribution in [1.29, 1.82) is 0 Å². The van der Waals surface area contributed by atoms with E-state index in [1.165, 1.54) is 81.4 Å². The van der Waals surface area contributed by atoms with E-state index in [0.29, 0.717) is 0 Å². The molecule has 0 amide bonds. The molecular formula is C33H35N2O2+. The highest BCUT2D eigenvalue weighted by Gasteiger charge is 2.35. The summed E-state index contributed by atoms with van der Waals surface area (Å²) in [4.78, 5) is 11.7. The van der Waals surface area contributed by atoms with Gasteiger partial charge in [0.1, 0.15) is 13.1 Å². The molecule has 4 nitrogen and oxygen atoms in total. The summed E-state index contributed by atoms with van der Waals surface area (Å²) < 4.78 is 2.69.